The zero-order valence-electron chi connectivity index (χ0n) is 15.9. The Morgan fingerprint density at radius 1 is 1.14 bits per heavy atom. The Hall–Kier alpha value is -2.26. The lowest BCUT2D eigenvalue weighted by molar-refractivity contribution is -0.116. The van der Waals surface area contributed by atoms with Gasteiger partial charge in [0.1, 0.15) is 16.4 Å². The Kier molecular flexibility index (Phi) is 5.58. The first-order valence-corrected chi connectivity index (χ1v) is 10.8. The monoisotopic (exact) mass is 468 g/mol. The topological polar surface area (TPSA) is 84.9 Å². The molecule has 3 rings (SSSR count). The number of fused-ring (bicyclic) bond motifs is 1. The summed E-state index contributed by atoms with van der Waals surface area (Å²) in [5.74, 6) is 0.707. The third kappa shape index (κ3) is 3.81. The second kappa shape index (κ2) is 7.63. The number of nitrogens with zero attached hydrogens (tertiary/aromatic N) is 1. The van der Waals surface area contributed by atoms with E-state index in [1.165, 1.54) is 32.1 Å². The molecule has 7 nitrogen and oxygen atoms in total. The number of anilines is 2. The van der Waals surface area contributed by atoms with Gasteiger partial charge in [-0.15, -0.1) is 0 Å². The Bertz CT molecular complexity index is 1020. The Morgan fingerprint density at radius 2 is 1.75 bits per heavy atom. The van der Waals surface area contributed by atoms with Crippen LogP contribution in [0.5, 0.6) is 11.5 Å². The van der Waals surface area contributed by atoms with Gasteiger partial charge in [-0.2, -0.15) is 0 Å². The number of benzene rings is 2. The summed E-state index contributed by atoms with van der Waals surface area (Å²) in [6.07, 6.45) is 0.587. The van der Waals surface area contributed by atoms with E-state index in [1.54, 1.807) is 18.2 Å². The number of ether oxygens (including phenoxy) is 2. The van der Waals surface area contributed by atoms with Gasteiger partial charge in [0.15, 0.2) is 0 Å². The van der Waals surface area contributed by atoms with Crippen LogP contribution in [0.15, 0.2) is 39.7 Å². The van der Waals surface area contributed by atoms with Gasteiger partial charge in [0.05, 0.1) is 25.6 Å². The minimum Gasteiger partial charge on any atom is -0.497 e. The summed E-state index contributed by atoms with van der Waals surface area (Å²) in [6.45, 7) is 3.33. The number of methoxy groups -OCH3 is 2. The number of carbonyl (C=O) groups is 1. The summed E-state index contributed by atoms with van der Waals surface area (Å²) in [4.78, 5) is 13.7. The number of amides is 1. The van der Waals surface area contributed by atoms with Crippen LogP contribution in [0.25, 0.3) is 0 Å². The van der Waals surface area contributed by atoms with Crippen molar-refractivity contribution in [3.8, 4) is 11.5 Å². The number of halogens is 1. The van der Waals surface area contributed by atoms with Crippen LogP contribution in [0.4, 0.5) is 11.4 Å². The summed E-state index contributed by atoms with van der Waals surface area (Å²) in [6, 6.07) is 8.00. The van der Waals surface area contributed by atoms with Crippen LogP contribution in [0.1, 0.15) is 19.4 Å². The van der Waals surface area contributed by atoms with E-state index >= 15 is 0 Å². The fourth-order valence-corrected chi connectivity index (χ4v) is 5.40. The number of hydrogen-bond acceptors (Lipinski definition) is 5. The highest BCUT2D eigenvalue weighted by molar-refractivity contribution is 9.10. The Morgan fingerprint density at radius 3 is 2.29 bits per heavy atom. The molecule has 0 saturated heterocycles. The van der Waals surface area contributed by atoms with Crippen molar-refractivity contribution in [1.29, 1.82) is 0 Å². The molecular formula is C19H21BrN2O5S. The summed E-state index contributed by atoms with van der Waals surface area (Å²) in [5, 5.41) is 0. The van der Waals surface area contributed by atoms with Crippen LogP contribution < -0.4 is 19.1 Å². The van der Waals surface area contributed by atoms with Crippen LogP contribution in [-0.2, 0) is 21.2 Å². The first-order valence-electron chi connectivity index (χ1n) is 8.54. The molecule has 1 aliphatic heterocycles. The average molecular weight is 469 g/mol. The third-order valence-corrected chi connectivity index (χ3v) is 6.40. The van der Waals surface area contributed by atoms with E-state index < -0.39 is 10.0 Å². The molecule has 0 radical (unpaired) electrons. The lowest BCUT2D eigenvalue weighted by Crippen LogP contribution is -2.34. The van der Waals surface area contributed by atoms with Crippen molar-refractivity contribution in [2.24, 2.45) is 0 Å². The highest BCUT2D eigenvalue weighted by Gasteiger charge is 2.35. The first kappa shape index (κ1) is 20.5. The average Bonchev–Trinajstić information content (AvgIpc) is 2.95. The third-order valence-electron chi connectivity index (χ3n) is 4.55. The lowest BCUT2D eigenvalue weighted by atomic mass is 10.1. The normalized spacial score (nSPS) is 15.9. The van der Waals surface area contributed by atoms with Gasteiger partial charge in [0.25, 0.3) is 10.0 Å². The molecule has 1 amide bonds. The van der Waals surface area contributed by atoms with Gasteiger partial charge in [-0.05, 0) is 31.0 Å². The zero-order chi connectivity index (χ0) is 20.6. The molecule has 2 aromatic rings. The van der Waals surface area contributed by atoms with Crippen molar-refractivity contribution in [2.45, 2.75) is 31.2 Å². The molecule has 1 aliphatic rings. The minimum atomic E-state index is -3.99. The first-order chi connectivity index (χ1) is 13.2. The molecular weight excluding hydrogens is 448 g/mol. The molecule has 0 saturated carbocycles. The van der Waals surface area contributed by atoms with Crippen LogP contribution in [0.3, 0.4) is 0 Å². The van der Waals surface area contributed by atoms with Gasteiger partial charge in [-0.1, -0.05) is 15.9 Å². The highest BCUT2D eigenvalue weighted by Crippen LogP contribution is 2.41. The predicted molar refractivity (Wildman–Crippen MR) is 111 cm³/mol. The van der Waals surface area contributed by atoms with Gasteiger partial charge >= 0.3 is 0 Å². The minimum absolute atomic E-state index is 0.0400. The van der Waals surface area contributed by atoms with Crippen LogP contribution in [0, 0.1) is 0 Å². The van der Waals surface area contributed by atoms with Gasteiger partial charge in [-0.3, -0.25) is 9.52 Å². The van der Waals surface area contributed by atoms with Gasteiger partial charge < -0.3 is 14.4 Å². The molecule has 0 aromatic heterocycles. The van der Waals surface area contributed by atoms with Gasteiger partial charge in [0.2, 0.25) is 5.91 Å². The standard InChI is InChI=1S/C19H21BrN2O5S/c1-11-5-13-6-14(20)7-18(19(13)22(11)12(2)23)28(24,25)21-15-8-16(26-3)10-17(9-15)27-4/h6-11,21H,5H2,1-4H3. The molecule has 0 spiro atoms. The predicted octanol–water partition coefficient (Wildman–Crippen LogP) is 3.56. The van der Waals surface area contributed by atoms with Crippen molar-refractivity contribution in [2.75, 3.05) is 23.8 Å². The number of sulfonamides is 1. The molecule has 2 aromatic carbocycles. The maximum atomic E-state index is 13.2. The molecule has 0 fully saturated rings. The maximum Gasteiger partial charge on any atom is 0.264 e. The molecule has 1 N–H and O–H groups in total. The molecule has 1 atom stereocenters. The van der Waals surface area contributed by atoms with Crippen molar-refractivity contribution in [1.82, 2.24) is 0 Å². The second-order valence-corrected chi connectivity index (χ2v) is 9.13. The van der Waals surface area contributed by atoms with E-state index in [0.717, 1.165) is 5.56 Å². The highest BCUT2D eigenvalue weighted by atomic mass is 79.9. The Balaban J connectivity index is 2.10. The van der Waals surface area contributed by atoms with E-state index in [1.807, 2.05) is 13.0 Å². The van der Waals surface area contributed by atoms with E-state index in [0.29, 0.717) is 33.8 Å². The number of carbonyl (C=O) groups excluding carboxylic acids is 1. The number of nitrogens with one attached hydrogen (secondary N) is 1. The number of hydrogen-bond donors (Lipinski definition) is 1. The summed E-state index contributed by atoms with van der Waals surface area (Å²) in [5.41, 5.74) is 1.52. The van der Waals surface area contributed by atoms with Crippen LogP contribution in [0.2, 0.25) is 0 Å². The SMILES string of the molecule is COc1cc(NS(=O)(=O)c2cc(Br)cc3c2N(C(C)=O)C(C)C3)cc(OC)c1. The summed E-state index contributed by atoms with van der Waals surface area (Å²) in [7, 11) is -1.01. The van der Waals surface area contributed by atoms with Crippen molar-refractivity contribution < 1.29 is 22.7 Å². The Labute approximate surface area is 172 Å². The van der Waals surface area contributed by atoms with Gasteiger partial charge in [0, 0.05) is 35.6 Å². The fourth-order valence-electron chi connectivity index (χ4n) is 3.44. The fraction of sp³-hybridized carbons (Fsp3) is 0.316. The molecule has 150 valence electrons. The zero-order valence-corrected chi connectivity index (χ0v) is 18.3. The largest absolute Gasteiger partial charge is 0.497 e. The van der Waals surface area contributed by atoms with E-state index in [9.17, 15) is 13.2 Å². The summed E-state index contributed by atoms with van der Waals surface area (Å²) < 4.78 is 40.1. The quantitative estimate of drug-likeness (QED) is 0.724. The van der Waals surface area contributed by atoms with Crippen molar-refractivity contribution in [3.63, 3.8) is 0 Å². The second-order valence-electron chi connectivity index (χ2n) is 6.56. The lowest BCUT2D eigenvalue weighted by Gasteiger charge is -2.23. The van der Waals surface area contributed by atoms with E-state index in [2.05, 4.69) is 20.7 Å². The number of rotatable bonds is 5. The smallest absolute Gasteiger partial charge is 0.264 e. The molecule has 28 heavy (non-hydrogen) atoms. The molecule has 1 heterocycles. The molecule has 0 aliphatic carbocycles. The summed E-state index contributed by atoms with van der Waals surface area (Å²) >= 11 is 3.38. The van der Waals surface area contributed by atoms with Crippen LogP contribution >= 0.6 is 15.9 Å². The molecule has 1 unspecified atom stereocenters. The maximum absolute atomic E-state index is 13.2. The van der Waals surface area contributed by atoms with Crippen molar-refractivity contribution in [3.05, 3.63) is 40.4 Å². The molecule has 0 bridgehead atoms. The van der Waals surface area contributed by atoms with Crippen LogP contribution in [-0.4, -0.2) is 34.6 Å². The van der Waals surface area contributed by atoms with E-state index in [-0.39, 0.29) is 16.8 Å². The van der Waals surface area contributed by atoms with E-state index in [4.69, 9.17) is 9.47 Å². The van der Waals surface area contributed by atoms with Gasteiger partial charge in [-0.25, -0.2) is 8.42 Å². The van der Waals surface area contributed by atoms with Crippen molar-refractivity contribution >= 4 is 43.2 Å². The molecule has 9 heteroatoms.